The molecule has 8 heteroatoms. The van der Waals surface area contributed by atoms with Crippen LogP contribution < -0.4 is 10.2 Å². The molecule has 0 unspecified atom stereocenters. The van der Waals surface area contributed by atoms with Gasteiger partial charge in [-0.25, -0.2) is 4.68 Å². The number of hydrogen-bond acceptors (Lipinski definition) is 5. The number of para-hydroxylation sites is 1. The van der Waals surface area contributed by atoms with E-state index in [1.807, 2.05) is 76.2 Å². The Morgan fingerprint density at radius 3 is 2.40 bits per heavy atom. The van der Waals surface area contributed by atoms with E-state index in [0.29, 0.717) is 16.8 Å². The summed E-state index contributed by atoms with van der Waals surface area (Å²) in [5.74, 6) is -0.545. The molecular formula is C27H30N6O2. The number of aromatic nitrogens is 4. The maximum absolute atomic E-state index is 13.9. The molecule has 0 fully saturated rings. The van der Waals surface area contributed by atoms with Gasteiger partial charge in [-0.15, -0.1) is 5.10 Å². The second kappa shape index (κ2) is 10.0. The lowest BCUT2D eigenvalue weighted by Crippen LogP contribution is -2.51. The van der Waals surface area contributed by atoms with Crippen molar-refractivity contribution in [2.24, 2.45) is 0 Å². The summed E-state index contributed by atoms with van der Waals surface area (Å²) < 4.78 is 1.57. The van der Waals surface area contributed by atoms with Crippen LogP contribution in [0.4, 0.5) is 5.69 Å². The third-order valence-electron chi connectivity index (χ3n) is 6.16. The van der Waals surface area contributed by atoms with E-state index in [-0.39, 0.29) is 18.4 Å². The van der Waals surface area contributed by atoms with Crippen LogP contribution in [0, 0.1) is 6.92 Å². The Morgan fingerprint density at radius 1 is 1.03 bits per heavy atom. The Balaban J connectivity index is 1.79. The largest absolute Gasteiger partial charge is 0.349 e. The summed E-state index contributed by atoms with van der Waals surface area (Å²) in [6, 6.07) is 17.7. The van der Waals surface area contributed by atoms with Gasteiger partial charge in [-0.05, 0) is 69.2 Å². The first-order valence-electron chi connectivity index (χ1n) is 11.7. The predicted molar refractivity (Wildman–Crippen MR) is 136 cm³/mol. The van der Waals surface area contributed by atoms with Crippen molar-refractivity contribution in [1.29, 1.82) is 0 Å². The lowest BCUT2D eigenvalue weighted by atomic mass is 9.98. The SMILES string of the molecule is CCC(C)(C)NC(=O)[C@H](c1ccncc1)N(C(=O)Cn1nnc2ccccc21)c1ccc(C)cc1. The predicted octanol–water partition coefficient (Wildman–Crippen LogP) is 4.21. The summed E-state index contributed by atoms with van der Waals surface area (Å²) in [6.07, 6.45) is 4.00. The van der Waals surface area contributed by atoms with E-state index in [9.17, 15) is 9.59 Å². The van der Waals surface area contributed by atoms with Crippen molar-refractivity contribution in [3.05, 3.63) is 84.2 Å². The summed E-state index contributed by atoms with van der Waals surface area (Å²) in [6.45, 7) is 7.86. The number of nitrogens with one attached hydrogen (secondary N) is 1. The van der Waals surface area contributed by atoms with Gasteiger partial charge < -0.3 is 5.32 Å². The molecule has 2 aromatic carbocycles. The molecule has 180 valence electrons. The fraction of sp³-hybridized carbons (Fsp3) is 0.296. The third-order valence-corrected chi connectivity index (χ3v) is 6.16. The Kier molecular flexibility index (Phi) is 6.91. The number of carbonyl (C=O) groups excluding carboxylic acids is 2. The molecule has 2 amide bonds. The number of hydrogen-bond donors (Lipinski definition) is 1. The monoisotopic (exact) mass is 470 g/mol. The fourth-order valence-electron chi connectivity index (χ4n) is 3.83. The topological polar surface area (TPSA) is 93.0 Å². The van der Waals surface area contributed by atoms with Gasteiger partial charge in [0.05, 0.1) is 5.52 Å². The Morgan fingerprint density at radius 2 is 1.71 bits per heavy atom. The molecule has 4 rings (SSSR count). The van der Waals surface area contributed by atoms with Gasteiger partial charge in [0.1, 0.15) is 18.1 Å². The average molecular weight is 471 g/mol. The minimum atomic E-state index is -0.895. The van der Waals surface area contributed by atoms with E-state index in [2.05, 4.69) is 20.6 Å². The van der Waals surface area contributed by atoms with Crippen molar-refractivity contribution in [3.63, 3.8) is 0 Å². The highest BCUT2D eigenvalue weighted by Gasteiger charge is 2.35. The summed E-state index contributed by atoms with van der Waals surface area (Å²) in [5.41, 5.74) is 3.36. The molecule has 0 saturated carbocycles. The number of aryl methyl sites for hydroxylation is 1. The smallest absolute Gasteiger partial charge is 0.249 e. The summed E-state index contributed by atoms with van der Waals surface area (Å²) in [7, 11) is 0. The molecule has 0 aliphatic carbocycles. The summed E-state index contributed by atoms with van der Waals surface area (Å²) >= 11 is 0. The van der Waals surface area contributed by atoms with Gasteiger partial charge in [0, 0.05) is 23.6 Å². The lowest BCUT2D eigenvalue weighted by Gasteiger charge is -2.34. The maximum atomic E-state index is 13.9. The van der Waals surface area contributed by atoms with Crippen LogP contribution in [0.2, 0.25) is 0 Å². The van der Waals surface area contributed by atoms with Gasteiger partial charge in [-0.3, -0.25) is 19.5 Å². The molecule has 0 aliphatic heterocycles. The molecule has 0 aliphatic rings. The van der Waals surface area contributed by atoms with E-state index < -0.39 is 11.6 Å². The van der Waals surface area contributed by atoms with Crippen LogP contribution in [0.3, 0.4) is 0 Å². The van der Waals surface area contributed by atoms with E-state index in [1.165, 1.54) is 0 Å². The Labute approximate surface area is 205 Å². The number of carbonyl (C=O) groups is 2. The van der Waals surface area contributed by atoms with Crippen molar-refractivity contribution < 1.29 is 9.59 Å². The van der Waals surface area contributed by atoms with Gasteiger partial charge in [-0.2, -0.15) is 0 Å². The van der Waals surface area contributed by atoms with Crippen molar-refractivity contribution in [3.8, 4) is 0 Å². The molecule has 35 heavy (non-hydrogen) atoms. The number of amides is 2. The Bertz CT molecular complexity index is 1310. The van der Waals surface area contributed by atoms with E-state index in [0.717, 1.165) is 17.5 Å². The van der Waals surface area contributed by atoms with Crippen LogP contribution >= 0.6 is 0 Å². The van der Waals surface area contributed by atoms with Gasteiger partial charge in [0.15, 0.2) is 0 Å². The van der Waals surface area contributed by atoms with Gasteiger partial charge in [-0.1, -0.05) is 42.0 Å². The number of rotatable bonds is 8. The normalized spacial score (nSPS) is 12.3. The fourth-order valence-corrected chi connectivity index (χ4v) is 3.83. The average Bonchev–Trinajstić information content (AvgIpc) is 3.26. The second-order valence-corrected chi connectivity index (χ2v) is 9.24. The number of fused-ring (bicyclic) bond motifs is 1. The van der Waals surface area contributed by atoms with Crippen LogP contribution in [-0.2, 0) is 16.1 Å². The quantitative estimate of drug-likeness (QED) is 0.416. The zero-order chi connectivity index (χ0) is 25.0. The van der Waals surface area contributed by atoms with Crippen LogP contribution in [0.25, 0.3) is 11.0 Å². The van der Waals surface area contributed by atoms with Crippen LogP contribution in [0.1, 0.15) is 44.4 Å². The van der Waals surface area contributed by atoms with Crippen molar-refractivity contribution >= 4 is 28.5 Å². The highest BCUT2D eigenvalue weighted by molar-refractivity contribution is 6.01. The van der Waals surface area contributed by atoms with E-state index in [1.54, 1.807) is 34.1 Å². The first-order valence-corrected chi connectivity index (χ1v) is 11.7. The first-order chi connectivity index (χ1) is 16.8. The van der Waals surface area contributed by atoms with Crippen LogP contribution in [-0.4, -0.2) is 37.3 Å². The molecule has 4 aromatic rings. The lowest BCUT2D eigenvalue weighted by molar-refractivity contribution is -0.128. The molecule has 8 nitrogen and oxygen atoms in total. The van der Waals surface area contributed by atoms with Crippen molar-refractivity contribution in [2.45, 2.75) is 52.2 Å². The van der Waals surface area contributed by atoms with Crippen LogP contribution in [0.5, 0.6) is 0 Å². The zero-order valence-electron chi connectivity index (χ0n) is 20.5. The minimum absolute atomic E-state index is 0.0690. The van der Waals surface area contributed by atoms with E-state index >= 15 is 0 Å². The molecule has 1 N–H and O–H groups in total. The molecular weight excluding hydrogens is 440 g/mol. The minimum Gasteiger partial charge on any atom is -0.349 e. The molecule has 0 bridgehead atoms. The van der Waals surface area contributed by atoms with Crippen molar-refractivity contribution in [2.75, 3.05) is 4.90 Å². The molecule has 2 heterocycles. The number of anilines is 1. The zero-order valence-corrected chi connectivity index (χ0v) is 20.5. The third kappa shape index (κ3) is 5.37. The Hall–Kier alpha value is -4.07. The first kappa shape index (κ1) is 24.1. The van der Waals surface area contributed by atoms with Gasteiger partial charge in [0.2, 0.25) is 11.8 Å². The second-order valence-electron chi connectivity index (χ2n) is 9.24. The number of nitrogens with zero attached hydrogens (tertiary/aromatic N) is 5. The molecule has 0 spiro atoms. The van der Waals surface area contributed by atoms with Crippen LogP contribution in [0.15, 0.2) is 73.1 Å². The maximum Gasteiger partial charge on any atom is 0.249 e. The van der Waals surface area contributed by atoms with Gasteiger partial charge >= 0.3 is 0 Å². The molecule has 0 saturated heterocycles. The highest BCUT2D eigenvalue weighted by atomic mass is 16.2. The molecule has 2 aromatic heterocycles. The van der Waals surface area contributed by atoms with Gasteiger partial charge in [0.25, 0.3) is 0 Å². The number of pyridine rings is 1. The number of benzene rings is 2. The highest BCUT2D eigenvalue weighted by Crippen LogP contribution is 2.29. The summed E-state index contributed by atoms with van der Waals surface area (Å²) in [4.78, 5) is 33.3. The standard InChI is InChI=1S/C27H30N6O2/c1-5-27(3,4)29-26(35)25(20-14-16-28-17-15-20)33(21-12-10-19(2)11-13-21)24(34)18-32-23-9-7-6-8-22(23)30-31-32/h6-17,25H,5,18H2,1-4H3,(H,29,35)/t25-/m0/s1. The van der Waals surface area contributed by atoms with Crippen molar-refractivity contribution in [1.82, 2.24) is 25.3 Å². The van der Waals surface area contributed by atoms with E-state index in [4.69, 9.17) is 0 Å². The summed E-state index contributed by atoms with van der Waals surface area (Å²) in [5, 5.41) is 11.5. The molecule has 0 radical (unpaired) electrons. The molecule has 1 atom stereocenters.